The van der Waals surface area contributed by atoms with Crippen molar-refractivity contribution in [1.29, 1.82) is 0 Å². The summed E-state index contributed by atoms with van der Waals surface area (Å²) in [6, 6.07) is 9.97. The van der Waals surface area contributed by atoms with Gasteiger partial charge in [-0.1, -0.05) is 48.2 Å². The monoisotopic (exact) mass is 339 g/mol. The van der Waals surface area contributed by atoms with Crippen LogP contribution in [0.2, 0.25) is 0 Å². The molecule has 2 aromatic rings. The van der Waals surface area contributed by atoms with Gasteiger partial charge >= 0.3 is 0 Å². The van der Waals surface area contributed by atoms with Gasteiger partial charge in [0.15, 0.2) is 8.29 Å². The van der Waals surface area contributed by atoms with Gasteiger partial charge in [-0.25, -0.2) is 4.68 Å². The molecule has 0 bridgehead atoms. The number of hydrogen-bond donors (Lipinski definition) is 1. The Morgan fingerprint density at radius 1 is 1.48 bits per heavy atom. The van der Waals surface area contributed by atoms with E-state index in [4.69, 9.17) is 12.2 Å². The zero-order valence-corrected chi connectivity index (χ0v) is 14.4. The number of nitrogens with zero attached hydrogens (tertiary/aromatic N) is 2. The van der Waals surface area contributed by atoms with Gasteiger partial charge in [0.1, 0.15) is 0 Å². The summed E-state index contributed by atoms with van der Waals surface area (Å²) < 4.78 is 3.23. The Morgan fingerprint density at radius 3 is 2.86 bits per heavy atom. The van der Waals surface area contributed by atoms with Crippen molar-refractivity contribution in [1.82, 2.24) is 15.1 Å². The van der Waals surface area contributed by atoms with Gasteiger partial charge in [0.2, 0.25) is 5.91 Å². The molecule has 1 N–H and O–H groups in total. The molecule has 0 aliphatic carbocycles. The number of carbonyl (C=O) groups is 1. The van der Waals surface area contributed by atoms with E-state index in [2.05, 4.69) is 10.4 Å². The lowest BCUT2D eigenvalue weighted by Crippen LogP contribution is -2.33. The van der Waals surface area contributed by atoms with Gasteiger partial charge in [0, 0.05) is 6.04 Å². The van der Waals surface area contributed by atoms with Gasteiger partial charge in [-0.05, 0) is 37.7 Å². The van der Waals surface area contributed by atoms with E-state index in [9.17, 15) is 4.79 Å². The van der Waals surface area contributed by atoms with Crippen molar-refractivity contribution >= 4 is 41.2 Å². The molecular weight excluding hydrogens is 322 g/mol. The first-order valence-electron chi connectivity index (χ1n) is 6.68. The number of aromatic nitrogens is 2. The van der Waals surface area contributed by atoms with E-state index in [-0.39, 0.29) is 11.9 Å². The Hall–Kier alpha value is -1.18. The molecule has 0 fully saturated rings. The molecule has 0 spiro atoms. The van der Waals surface area contributed by atoms with Crippen molar-refractivity contribution in [2.75, 3.05) is 5.75 Å². The summed E-state index contributed by atoms with van der Waals surface area (Å²) in [5.74, 6) is 0.392. The van der Waals surface area contributed by atoms with Gasteiger partial charge in [0.25, 0.3) is 0 Å². The van der Waals surface area contributed by atoms with Crippen LogP contribution in [-0.4, -0.2) is 27.5 Å². The van der Waals surface area contributed by atoms with Gasteiger partial charge in [-0.15, -0.1) is 5.10 Å². The summed E-state index contributed by atoms with van der Waals surface area (Å²) >= 11 is 8.17. The van der Waals surface area contributed by atoms with Crippen LogP contribution >= 0.6 is 35.3 Å². The fourth-order valence-corrected chi connectivity index (χ4v) is 3.77. The molecule has 1 amide bonds. The molecule has 1 aromatic carbocycles. The maximum absolute atomic E-state index is 11.8. The third kappa shape index (κ3) is 4.66. The highest BCUT2D eigenvalue weighted by Gasteiger charge is 2.10. The minimum absolute atomic E-state index is 0.0294. The molecule has 0 aliphatic rings. The highest BCUT2D eigenvalue weighted by molar-refractivity contribution is 8.01. The smallest absolute Gasteiger partial charge is 0.230 e. The minimum atomic E-state index is 0.0294. The zero-order valence-electron chi connectivity index (χ0n) is 11.9. The van der Waals surface area contributed by atoms with Crippen molar-refractivity contribution in [3.05, 3.63) is 34.3 Å². The Balaban J connectivity index is 2.00. The maximum Gasteiger partial charge on any atom is 0.230 e. The van der Waals surface area contributed by atoms with Crippen LogP contribution < -0.4 is 5.32 Å². The van der Waals surface area contributed by atoms with Crippen LogP contribution in [0.1, 0.15) is 20.3 Å². The standard InChI is InChI=1S/C14H17N3OS3/c1-3-10(2)15-12(18)9-20-13-16-17(14(19)21-13)11-7-5-4-6-8-11/h4-8,10H,3,9H2,1-2H3,(H,15,18)/t10-/m1/s1. The molecule has 21 heavy (non-hydrogen) atoms. The molecule has 1 heterocycles. The highest BCUT2D eigenvalue weighted by Crippen LogP contribution is 2.23. The van der Waals surface area contributed by atoms with E-state index >= 15 is 0 Å². The summed E-state index contributed by atoms with van der Waals surface area (Å²) in [6.07, 6.45) is 0.929. The summed E-state index contributed by atoms with van der Waals surface area (Å²) in [5, 5.41) is 7.40. The molecule has 0 aliphatic heterocycles. The zero-order chi connectivity index (χ0) is 15.2. The van der Waals surface area contributed by atoms with E-state index < -0.39 is 0 Å². The van der Waals surface area contributed by atoms with E-state index in [1.807, 2.05) is 44.2 Å². The number of thioether (sulfide) groups is 1. The van der Waals surface area contributed by atoms with Gasteiger partial charge < -0.3 is 5.32 Å². The van der Waals surface area contributed by atoms with Crippen LogP contribution in [0.15, 0.2) is 34.7 Å². The van der Waals surface area contributed by atoms with E-state index in [0.717, 1.165) is 16.4 Å². The molecule has 112 valence electrons. The number of nitrogens with one attached hydrogen (secondary N) is 1. The van der Waals surface area contributed by atoms with Crippen molar-refractivity contribution in [2.24, 2.45) is 0 Å². The number of carbonyl (C=O) groups excluding carboxylic acids is 1. The second kappa shape index (κ2) is 7.72. The molecule has 2 rings (SSSR count). The number of para-hydroxylation sites is 1. The molecular formula is C14H17N3OS3. The van der Waals surface area contributed by atoms with Crippen molar-refractivity contribution < 1.29 is 4.79 Å². The quantitative estimate of drug-likeness (QED) is 0.644. The molecule has 0 unspecified atom stereocenters. The second-order valence-electron chi connectivity index (χ2n) is 4.55. The van der Waals surface area contributed by atoms with Gasteiger partial charge in [-0.3, -0.25) is 4.79 Å². The first-order chi connectivity index (χ1) is 10.1. The van der Waals surface area contributed by atoms with E-state index in [0.29, 0.717) is 9.71 Å². The lowest BCUT2D eigenvalue weighted by molar-refractivity contribution is -0.119. The second-order valence-corrected chi connectivity index (χ2v) is 7.39. The molecule has 7 heteroatoms. The largest absolute Gasteiger partial charge is 0.353 e. The average Bonchev–Trinajstić information content (AvgIpc) is 2.87. The lowest BCUT2D eigenvalue weighted by Gasteiger charge is -2.10. The Labute approximate surface area is 137 Å². The Morgan fingerprint density at radius 2 is 2.19 bits per heavy atom. The Kier molecular flexibility index (Phi) is 5.96. The SMILES string of the molecule is CC[C@@H](C)NC(=O)CSc1nn(-c2ccccc2)c(=S)s1. The van der Waals surface area contributed by atoms with Crippen molar-refractivity contribution in [3.63, 3.8) is 0 Å². The summed E-state index contributed by atoms with van der Waals surface area (Å²) in [5.41, 5.74) is 0.939. The van der Waals surface area contributed by atoms with Crippen LogP contribution in [0.3, 0.4) is 0 Å². The third-order valence-corrected chi connectivity index (χ3v) is 5.24. The molecule has 0 saturated carbocycles. The van der Waals surface area contributed by atoms with Crippen molar-refractivity contribution in [2.45, 2.75) is 30.6 Å². The molecule has 0 saturated heterocycles. The maximum atomic E-state index is 11.8. The van der Waals surface area contributed by atoms with Crippen LogP contribution in [-0.2, 0) is 4.79 Å². The highest BCUT2D eigenvalue weighted by atomic mass is 32.2. The molecule has 1 atom stereocenters. The van der Waals surface area contributed by atoms with Crippen LogP contribution in [0.5, 0.6) is 0 Å². The van der Waals surface area contributed by atoms with Gasteiger partial charge in [-0.2, -0.15) is 0 Å². The summed E-state index contributed by atoms with van der Waals surface area (Å²) in [4.78, 5) is 11.8. The van der Waals surface area contributed by atoms with Crippen LogP contribution in [0, 0.1) is 3.95 Å². The fraction of sp³-hybridized carbons (Fsp3) is 0.357. The van der Waals surface area contributed by atoms with Gasteiger partial charge in [0.05, 0.1) is 11.4 Å². The number of amides is 1. The number of rotatable bonds is 6. The lowest BCUT2D eigenvalue weighted by atomic mass is 10.3. The van der Waals surface area contributed by atoms with Crippen LogP contribution in [0.4, 0.5) is 0 Å². The first kappa shape index (κ1) is 16.2. The number of hydrogen-bond acceptors (Lipinski definition) is 5. The molecule has 4 nitrogen and oxygen atoms in total. The first-order valence-corrected chi connectivity index (χ1v) is 8.89. The normalized spacial score (nSPS) is 12.1. The number of benzene rings is 1. The summed E-state index contributed by atoms with van der Waals surface area (Å²) in [7, 11) is 0. The minimum Gasteiger partial charge on any atom is -0.353 e. The van der Waals surface area contributed by atoms with E-state index in [1.165, 1.54) is 23.1 Å². The Bertz CT molecular complexity index is 651. The van der Waals surface area contributed by atoms with Crippen LogP contribution in [0.25, 0.3) is 5.69 Å². The third-order valence-electron chi connectivity index (χ3n) is 2.88. The molecule has 0 radical (unpaired) electrons. The van der Waals surface area contributed by atoms with Crippen molar-refractivity contribution in [3.8, 4) is 5.69 Å². The average molecular weight is 340 g/mol. The predicted octanol–water partition coefficient (Wildman–Crippen LogP) is 3.67. The fourth-order valence-electron chi connectivity index (χ4n) is 1.60. The summed E-state index contributed by atoms with van der Waals surface area (Å²) in [6.45, 7) is 4.04. The predicted molar refractivity (Wildman–Crippen MR) is 90.9 cm³/mol. The molecule has 1 aromatic heterocycles. The van der Waals surface area contributed by atoms with E-state index in [1.54, 1.807) is 4.68 Å². The topological polar surface area (TPSA) is 46.9 Å².